The summed E-state index contributed by atoms with van der Waals surface area (Å²) in [6.07, 6.45) is 0. The second kappa shape index (κ2) is 13.9. The van der Waals surface area contributed by atoms with E-state index in [2.05, 4.69) is 225 Å². The van der Waals surface area contributed by atoms with Crippen molar-refractivity contribution in [3.8, 4) is 55.6 Å². The predicted octanol–water partition coefficient (Wildman–Crippen LogP) is 16.0. The van der Waals surface area contributed by atoms with E-state index < -0.39 is 0 Å². The van der Waals surface area contributed by atoms with E-state index >= 15 is 0 Å². The molecule has 0 fully saturated rings. The zero-order valence-electron chi connectivity index (χ0n) is 33.1. The Balaban J connectivity index is 1.04. The maximum absolute atomic E-state index is 6.44. The molecule has 0 spiro atoms. The van der Waals surface area contributed by atoms with Crippen molar-refractivity contribution in [3.63, 3.8) is 0 Å². The van der Waals surface area contributed by atoms with Gasteiger partial charge in [0.15, 0.2) is 0 Å². The minimum Gasteiger partial charge on any atom is -0.456 e. The average Bonchev–Trinajstić information content (AvgIpc) is 3.79. The second-order valence-corrected chi connectivity index (χ2v) is 16.1. The third-order valence-corrected chi connectivity index (χ3v) is 12.3. The van der Waals surface area contributed by atoms with Crippen molar-refractivity contribution in [2.45, 2.75) is 19.3 Å². The molecule has 10 aromatic rings. The Morgan fingerprint density at radius 3 is 1.53 bits per heavy atom. The fraction of sp³-hybridized carbons (Fsp3) is 0.0526. The molecule has 0 saturated heterocycles. The maximum Gasteiger partial charge on any atom is 0.136 e. The molecule has 280 valence electrons. The number of furan rings is 1. The fourth-order valence-electron chi connectivity index (χ4n) is 9.32. The first kappa shape index (κ1) is 34.8. The molecule has 1 aliphatic rings. The first-order valence-corrected chi connectivity index (χ1v) is 20.4. The highest BCUT2D eigenvalue weighted by molar-refractivity contribution is 6.16. The molecule has 0 atom stereocenters. The van der Waals surface area contributed by atoms with Gasteiger partial charge >= 0.3 is 0 Å². The van der Waals surface area contributed by atoms with Crippen molar-refractivity contribution in [2.24, 2.45) is 0 Å². The summed E-state index contributed by atoms with van der Waals surface area (Å²) >= 11 is 0. The minimum atomic E-state index is -0.111. The number of fused-ring (bicyclic) bond motifs is 6. The smallest absolute Gasteiger partial charge is 0.136 e. The van der Waals surface area contributed by atoms with Gasteiger partial charge in [-0.05, 0) is 110 Å². The van der Waals surface area contributed by atoms with E-state index in [1.807, 2.05) is 6.07 Å². The van der Waals surface area contributed by atoms with Gasteiger partial charge in [-0.3, -0.25) is 0 Å². The van der Waals surface area contributed by atoms with Crippen molar-refractivity contribution >= 4 is 39.0 Å². The van der Waals surface area contributed by atoms with Crippen molar-refractivity contribution in [1.29, 1.82) is 0 Å². The molecule has 0 amide bonds. The van der Waals surface area contributed by atoms with Gasteiger partial charge in [-0.25, -0.2) is 0 Å². The summed E-state index contributed by atoms with van der Waals surface area (Å²) in [5.74, 6) is 0. The van der Waals surface area contributed by atoms with Crippen LogP contribution in [0.5, 0.6) is 0 Å². The van der Waals surface area contributed by atoms with E-state index in [0.717, 1.165) is 50.1 Å². The molecule has 1 heterocycles. The van der Waals surface area contributed by atoms with E-state index in [0.29, 0.717) is 0 Å². The molecule has 2 heteroatoms. The van der Waals surface area contributed by atoms with Crippen LogP contribution in [0.3, 0.4) is 0 Å². The van der Waals surface area contributed by atoms with E-state index in [1.54, 1.807) is 0 Å². The van der Waals surface area contributed by atoms with Crippen LogP contribution in [0.25, 0.3) is 77.6 Å². The maximum atomic E-state index is 6.44. The summed E-state index contributed by atoms with van der Waals surface area (Å²) in [5, 5.41) is 2.26. The van der Waals surface area contributed by atoms with Crippen molar-refractivity contribution in [1.82, 2.24) is 0 Å². The van der Waals surface area contributed by atoms with E-state index in [-0.39, 0.29) is 5.41 Å². The summed E-state index contributed by atoms with van der Waals surface area (Å²) in [4.78, 5) is 2.40. The molecule has 0 bridgehead atoms. The lowest BCUT2D eigenvalue weighted by atomic mass is 9.82. The number of para-hydroxylation sites is 1. The van der Waals surface area contributed by atoms with Gasteiger partial charge in [0.1, 0.15) is 11.2 Å². The van der Waals surface area contributed by atoms with Gasteiger partial charge in [0.05, 0.1) is 0 Å². The molecule has 59 heavy (non-hydrogen) atoms. The Kier molecular flexibility index (Phi) is 8.20. The highest BCUT2D eigenvalue weighted by atomic mass is 16.3. The predicted molar refractivity (Wildman–Crippen MR) is 248 cm³/mol. The Labute approximate surface area is 345 Å². The molecule has 11 rings (SSSR count). The van der Waals surface area contributed by atoms with Crippen LogP contribution in [0.1, 0.15) is 25.0 Å². The van der Waals surface area contributed by atoms with Crippen LogP contribution in [0.4, 0.5) is 17.1 Å². The number of hydrogen-bond donors (Lipinski definition) is 0. The SMILES string of the molecule is CC1(C)c2ccccc2-c2ccc(N(c3ccc(-c4ccccc4)cc3)c3ccc(-c4ccc5oc6ccccc6c5c4-c4ccc(-c5ccccc5)cc4)cc3)cc21. The van der Waals surface area contributed by atoms with Crippen LogP contribution in [-0.2, 0) is 5.41 Å². The van der Waals surface area contributed by atoms with Crippen LogP contribution < -0.4 is 4.90 Å². The third kappa shape index (κ3) is 5.87. The summed E-state index contributed by atoms with van der Waals surface area (Å²) in [5.41, 5.74) is 19.8. The molecular formula is C57H41NO. The lowest BCUT2D eigenvalue weighted by Crippen LogP contribution is -2.16. The first-order valence-electron chi connectivity index (χ1n) is 20.4. The Hall–Kier alpha value is -7.42. The highest BCUT2D eigenvalue weighted by Crippen LogP contribution is 2.51. The number of nitrogens with zero attached hydrogens (tertiary/aromatic N) is 1. The molecule has 0 unspecified atom stereocenters. The number of hydrogen-bond acceptors (Lipinski definition) is 2. The van der Waals surface area contributed by atoms with Crippen molar-refractivity contribution in [2.75, 3.05) is 4.90 Å². The molecule has 0 aliphatic heterocycles. The zero-order valence-corrected chi connectivity index (χ0v) is 33.1. The number of anilines is 3. The topological polar surface area (TPSA) is 16.4 Å². The summed E-state index contributed by atoms with van der Waals surface area (Å²) in [6, 6.07) is 76.8. The van der Waals surface area contributed by atoms with Gasteiger partial charge in [0.2, 0.25) is 0 Å². The summed E-state index contributed by atoms with van der Waals surface area (Å²) < 4.78 is 6.44. The molecule has 1 aliphatic carbocycles. The van der Waals surface area contributed by atoms with Crippen LogP contribution in [0.2, 0.25) is 0 Å². The first-order chi connectivity index (χ1) is 29.0. The van der Waals surface area contributed by atoms with Crippen LogP contribution in [-0.4, -0.2) is 0 Å². The standard InChI is InChI=1S/C57H41NO/c1-57(2)51-19-11-9-17-48(51)49-34-33-46(37-52(49)57)58(44-29-25-41(26-30-44)39-15-7-4-8-16-39)45-31-27-42(28-32-45)47-35-36-54-56(50-18-10-12-20-53(50)59-54)55(47)43-23-21-40(22-24-43)38-13-5-3-6-14-38/h3-37H,1-2H3. The van der Waals surface area contributed by atoms with Gasteiger partial charge in [-0.2, -0.15) is 0 Å². The molecule has 1 aromatic heterocycles. The van der Waals surface area contributed by atoms with E-state index in [9.17, 15) is 0 Å². The Morgan fingerprint density at radius 1 is 0.356 bits per heavy atom. The van der Waals surface area contributed by atoms with Gasteiger partial charge in [0, 0.05) is 38.8 Å². The van der Waals surface area contributed by atoms with Crippen LogP contribution in [0, 0.1) is 0 Å². The summed E-state index contributed by atoms with van der Waals surface area (Å²) in [6.45, 7) is 4.70. The monoisotopic (exact) mass is 755 g/mol. The molecule has 0 radical (unpaired) electrons. The zero-order chi connectivity index (χ0) is 39.5. The van der Waals surface area contributed by atoms with E-state index in [1.165, 1.54) is 55.6 Å². The van der Waals surface area contributed by atoms with Gasteiger partial charge in [0.25, 0.3) is 0 Å². The van der Waals surface area contributed by atoms with Crippen LogP contribution in [0.15, 0.2) is 217 Å². The fourth-order valence-corrected chi connectivity index (χ4v) is 9.32. The molecule has 2 nitrogen and oxygen atoms in total. The molecule has 0 N–H and O–H groups in total. The van der Waals surface area contributed by atoms with Crippen molar-refractivity contribution in [3.05, 3.63) is 223 Å². The molecule has 9 aromatic carbocycles. The Bertz CT molecular complexity index is 3140. The average molecular weight is 756 g/mol. The number of rotatable bonds is 7. The highest BCUT2D eigenvalue weighted by Gasteiger charge is 2.35. The van der Waals surface area contributed by atoms with Gasteiger partial charge in [-0.1, -0.05) is 178 Å². The Morgan fingerprint density at radius 2 is 0.847 bits per heavy atom. The largest absolute Gasteiger partial charge is 0.456 e. The minimum absolute atomic E-state index is 0.111. The molecular weight excluding hydrogens is 715 g/mol. The van der Waals surface area contributed by atoms with Crippen LogP contribution >= 0.6 is 0 Å². The normalized spacial score (nSPS) is 12.7. The van der Waals surface area contributed by atoms with Gasteiger partial charge in [-0.15, -0.1) is 0 Å². The van der Waals surface area contributed by atoms with E-state index in [4.69, 9.17) is 4.42 Å². The second-order valence-electron chi connectivity index (χ2n) is 16.1. The van der Waals surface area contributed by atoms with Gasteiger partial charge < -0.3 is 9.32 Å². The quantitative estimate of drug-likeness (QED) is 0.161. The number of benzene rings is 9. The van der Waals surface area contributed by atoms with Crippen molar-refractivity contribution < 1.29 is 4.42 Å². The molecule has 0 saturated carbocycles. The third-order valence-electron chi connectivity index (χ3n) is 12.3. The summed E-state index contributed by atoms with van der Waals surface area (Å²) in [7, 11) is 0. The lowest BCUT2D eigenvalue weighted by Gasteiger charge is -2.28. The lowest BCUT2D eigenvalue weighted by molar-refractivity contribution is 0.660.